The van der Waals surface area contributed by atoms with E-state index in [4.69, 9.17) is 0 Å². The highest BCUT2D eigenvalue weighted by molar-refractivity contribution is 9.10. The van der Waals surface area contributed by atoms with Gasteiger partial charge in [0.05, 0.1) is 4.92 Å². The Kier molecular flexibility index (Phi) is 3.73. The summed E-state index contributed by atoms with van der Waals surface area (Å²) < 4.78 is 0.704. The topological polar surface area (TPSA) is 72.2 Å². The molecule has 0 radical (unpaired) electrons. The lowest BCUT2D eigenvalue weighted by Gasteiger charge is -2.03. The Morgan fingerprint density at radius 2 is 2.17 bits per heavy atom. The number of thiophene rings is 1. The van der Waals surface area contributed by atoms with Crippen LogP contribution >= 0.6 is 27.3 Å². The standard InChI is InChI=1S/C11H7BrN2O3S/c12-9-4-5-18-10(9)11(15)13-7-2-1-3-8(6-7)14(16)17/h1-6H,(H,13,15). The number of anilines is 1. The van der Waals surface area contributed by atoms with E-state index in [0.29, 0.717) is 15.0 Å². The summed E-state index contributed by atoms with van der Waals surface area (Å²) in [5.74, 6) is -0.294. The largest absolute Gasteiger partial charge is 0.321 e. The molecule has 1 N–H and O–H groups in total. The van der Waals surface area contributed by atoms with Gasteiger partial charge < -0.3 is 5.32 Å². The van der Waals surface area contributed by atoms with E-state index in [1.54, 1.807) is 17.5 Å². The Labute approximate surface area is 115 Å². The molecule has 1 aromatic heterocycles. The monoisotopic (exact) mass is 326 g/mol. The molecular weight excluding hydrogens is 320 g/mol. The van der Waals surface area contributed by atoms with Gasteiger partial charge in [0.1, 0.15) is 4.88 Å². The van der Waals surface area contributed by atoms with Crippen molar-refractivity contribution >= 4 is 44.5 Å². The maximum Gasteiger partial charge on any atom is 0.271 e. The normalized spacial score (nSPS) is 10.1. The third-order valence-electron chi connectivity index (χ3n) is 2.14. The van der Waals surface area contributed by atoms with Crippen molar-refractivity contribution in [1.82, 2.24) is 0 Å². The first-order valence-corrected chi connectivity index (χ1v) is 6.54. The van der Waals surface area contributed by atoms with Gasteiger partial charge in [-0.05, 0) is 33.4 Å². The maximum absolute atomic E-state index is 11.9. The van der Waals surface area contributed by atoms with Crippen molar-refractivity contribution in [2.45, 2.75) is 0 Å². The van der Waals surface area contributed by atoms with Crippen LogP contribution in [-0.2, 0) is 0 Å². The van der Waals surface area contributed by atoms with E-state index in [1.807, 2.05) is 0 Å². The smallest absolute Gasteiger partial charge is 0.271 e. The Morgan fingerprint density at radius 1 is 1.39 bits per heavy atom. The number of nitrogens with one attached hydrogen (secondary N) is 1. The van der Waals surface area contributed by atoms with Crippen LogP contribution in [0.1, 0.15) is 9.67 Å². The van der Waals surface area contributed by atoms with Gasteiger partial charge in [-0.1, -0.05) is 6.07 Å². The van der Waals surface area contributed by atoms with Gasteiger partial charge in [0.15, 0.2) is 0 Å². The van der Waals surface area contributed by atoms with Crippen molar-refractivity contribution < 1.29 is 9.72 Å². The summed E-state index contributed by atoms with van der Waals surface area (Å²) >= 11 is 4.55. The molecule has 0 aliphatic heterocycles. The van der Waals surface area contributed by atoms with E-state index in [0.717, 1.165) is 0 Å². The Bertz CT molecular complexity index is 612. The summed E-state index contributed by atoms with van der Waals surface area (Å²) in [6.45, 7) is 0. The zero-order valence-corrected chi connectivity index (χ0v) is 11.3. The van der Waals surface area contributed by atoms with Crippen molar-refractivity contribution in [1.29, 1.82) is 0 Å². The SMILES string of the molecule is O=C(Nc1cccc([N+](=O)[O-])c1)c1sccc1Br. The van der Waals surface area contributed by atoms with E-state index in [9.17, 15) is 14.9 Å². The van der Waals surface area contributed by atoms with Crippen LogP contribution in [0.3, 0.4) is 0 Å². The fourth-order valence-electron chi connectivity index (χ4n) is 1.34. The lowest BCUT2D eigenvalue weighted by Crippen LogP contribution is -2.10. The zero-order valence-electron chi connectivity index (χ0n) is 8.92. The molecular formula is C11H7BrN2O3S. The molecule has 18 heavy (non-hydrogen) atoms. The molecule has 1 heterocycles. The number of rotatable bonds is 3. The molecule has 0 unspecified atom stereocenters. The van der Waals surface area contributed by atoms with Crippen molar-refractivity contribution in [3.63, 3.8) is 0 Å². The minimum atomic E-state index is -0.503. The average molecular weight is 327 g/mol. The van der Waals surface area contributed by atoms with Gasteiger partial charge in [-0.25, -0.2) is 0 Å². The lowest BCUT2D eigenvalue weighted by atomic mass is 10.3. The number of halogens is 1. The van der Waals surface area contributed by atoms with Crippen LogP contribution < -0.4 is 5.32 Å². The molecule has 0 aliphatic carbocycles. The highest BCUT2D eigenvalue weighted by Gasteiger charge is 2.13. The Morgan fingerprint density at radius 3 is 2.78 bits per heavy atom. The van der Waals surface area contributed by atoms with E-state index in [-0.39, 0.29) is 11.6 Å². The number of hydrogen-bond donors (Lipinski definition) is 1. The van der Waals surface area contributed by atoms with Gasteiger partial charge in [0.25, 0.3) is 11.6 Å². The predicted octanol–water partition coefficient (Wildman–Crippen LogP) is 3.67. The van der Waals surface area contributed by atoms with Gasteiger partial charge in [-0.15, -0.1) is 11.3 Å². The first kappa shape index (κ1) is 12.7. The molecule has 0 spiro atoms. The number of carbonyl (C=O) groups excluding carboxylic acids is 1. The molecule has 2 aromatic rings. The molecule has 1 aromatic carbocycles. The average Bonchev–Trinajstić information content (AvgIpc) is 2.76. The van der Waals surface area contributed by atoms with Crippen LogP contribution in [-0.4, -0.2) is 10.8 Å². The summed E-state index contributed by atoms with van der Waals surface area (Å²) in [6.07, 6.45) is 0. The number of nitro benzene ring substituents is 1. The highest BCUT2D eigenvalue weighted by atomic mass is 79.9. The highest BCUT2D eigenvalue weighted by Crippen LogP contribution is 2.24. The van der Waals surface area contributed by atoms with Crippen LogP contribution in [0.25, 0.3) is 0 Å². The van der Waals surface area contributed by atoms with Crippen LogP contribution in [0, 0.1) is 10.1 Å². The van der Waals surface area contributed by atoms with Gasteiger partial charge >= 0.3 is 0 Å². The molecule has 0 saturated heterocycles. The molecule has 2 rings (SSSR count). The minimum absolute atomic E-state index is 0.0574. The molecule has 92 valence electrons. The zero-order chi connectivity index (χ0) is 13.1. The number of nitro groups is 1. The second-order valence-electron chi connectivity index (χ2n) is 3.36. The van der Waals surface area contributed by atoms with Crippen molar-refractivity contribution in [3.05, 3.63) is 55.2 Å². The number of amides is 1. The third kappa shape index (κ3) is 2.74. The summed E-state index contributed by atoms with van der Waals surface area (Å²) in [7, 11) is 0. The number of non-ortho nitro benzene ring substituents is 1. The van der Waals surface area contributed by atoms with Crippen LogP contribution in [0.5, 0.6) is 0 Å². The molecule has 0 fully saturated rings. The molecule has 0 bridgehead atoms. The predicted molar refractivity (Wildman–Crippen MR) is 73.1 cm³/mol. The molecule has 0 atom stereocenters. The summed E-state index contributed by atoms with van der Waals surface area (Å²) in [5.41, 5.74) is 0.340. The Hall–Kier alpha value is -1.73. The van der Waals surface area contributed by atoms with Gasteiger partial charge in [-0.2, -0.15) is 0 Å². The molecule has 7 heteroatoms. The molecule has 5 nitrogen and oxygen atoms in total. The number of nitrogens with zero attached hydrogens (tertiary/aromatic N) is 1. The first-order valence-electron chi connectivity index (χ1n) is 4.87. The summed E-state index contributed by atoms with van der Waals surface area (Å²) in [4.78, 5) is 22.5. The van der Waals surface area contributed by atoms with Gasteiger partial charge in [0.2, 0.25) is 0 Å². The third-order valence-corrected chi connectivity index (χ3v) is 3.97. The summed E-state index contributed by atoms with van der Waals surface area (Å²) in [5, 5.41) is 15.0. The van der Waals surface area contributed by atoms with Gasteiger partial charge in [-0.3, -0.25) is 14.9 Å². The van der Waals surface area contributed by atoms with E-state index < -0.39 is 4.92 Å². The number of hydrogen-bond acceptors (Lipinski definition) is 4. The van der Waals surface area contributed by atoms with Crippen LogP contribution in [0.2, 0.25) is 0 Å². The van der Waals surface area contributed by atoms with Crippen molar-refractivity contribution in [3.8, 4) is 0 Å². The summed E-state index contributed by atoms with van der Waals surface area (Å²) in [6, 6.07) is 7.59. The second-order valence-corrected chi connectivity index (χ2v) is 5.13. The van der Waals surface area contributed by atoms with Crippen LogP contribution in [0.15, 0.2) is 40.2 Å². The first-order chi connectivity index (χ1) is 8.58. The second kappa shape index (κ2) is 5.28. The fourth-order valence-corrected chi connectivity index (χ4v) is 2.79. The quantitative estimate of drug-likeness (QED) is 0.690. The van der Waals surface area contributed by atoms with E-state index in [1.165, 1.54) is 29.5 Å². The number of benzene rings is 1. The lowest BCUT2D eigenvalue weighted by molar-refractivity contribution is -0.384. The van der Waals surface area contributed by atoms with Crippen LogP contribution in [0.4, 0.5) is 11.4 Å². The molecule has 0 saturated carbocycles. The maximum atomic E-state index is 11.9. The van der Waals surface area contributed by atoms with Crippen molar-refractivity contribution in [2.75, 3.05) is 5.32 Å². The van der Waals surface area contributed by atoms with E-state index in [2.05, 4.69) is 21.2 Å². The van der Waals surface area contributed by atoms with Crippen molar-refractivity contribution in [2.24, 2.45) is 0 Å². The van der Waals surface area contributed by atoms with Gasteiger partial charge in [0, 0.05) is 22.3 Å². The molecule has 0 aliphatic rings. The Balaban J connectivity index is 2.20. The number of carbonyl (C=O) groups is 1. The molecule has 1 amide bonds. The fraction of sp³-hybridized carbons (Fsp3) is 0. The minimum Gasteiger partial charge on any atom is -0.321 e. The van der Waals surface area contributed by atoms with E-state index >= 15 is 0 Å².